The number of aromatic nitrogens is 2. The van der Waals surface area contributed by atoms with Crippen molar-refractivity contribution in [3.63, 3.8) is 0 Å². The maximum absolute atomic E-state index is 11.4. The highest BCUT2D eigenvalue weighted by Gasteiger charge is 2.21. The fraction of sp³-hybridized carbons (Fsp3) is 0.500. The molecule has 1 aliphatic rings. The van der Waals surface area contributed by atoms with Crippen LogP contribution in [0.5, 0.6) is 0 Å². The van der Waals surface area contributed by atoms with Gasteiger partial charge in [0.25, 0.3) is 0 Å². The third kappa shape index (κ3) is 1.42. The first-order chi connectivity index (χ1) is 6.33. The molecule has 0 fully saturated rings. The van der Waals surface area contributed by atoms with Crippen LogP contribution in [0, 0.1) is 0 Å². The summed E-state index contributed by atoms with van der Waals surface area (Å²) >= 11 is 5.50. The summed E-state index contributed by atoms with van der Waals surface area (Å²) < 4.78 is 1.83. The van der Waals surface area contributed by atoms with Gasteiger partial charge in [-0.2, -0.15) is 5.10 Å². The highest BCUT2D eigenvalue weighted by Crippen LogP contribution is 2.19. The zero-order valence-corrected chi connectivity index (χ0v) is 7.87. The zero-order chi connectivity index (χ0) is 9.26. The van der Waals surface area contributed by atoms with Crippen LogP contribution in [0.25, 0.3) is 0 Å². The van der Waals surface area contributed by atoms with Gasteiger partial charge in [0, 0.05) is 19.2 Å². The summed E-state index contributed by atoms with van der Waals surface area (Å²) in [6, 6.07) is 1.84. The summed E-state index contributed by atoms with van der Waals surface area (Å²) in [4.78, 5) is 13.1. The molecule has 0 N–H and O–H groups in total. The number of fused-ring (bicyclic) bond motifs is 1. The second-order valence-electron chi connectivity index (χ2n) is 2.95. The van der Waals surface area contributed by atoms with Crippen molar-refractivity contribution in [1.29, 1.82) is 0 Å². The van der Waals surface area contributed by atoms with E-state index < -0.39 is 0 Å². The summed E-state index contributed by atoms with van der Waals surface area (Å²) in [5, 5.41) is 4.10. The van der Waals surface area contributed by atoms with Gasteiger partial charge in [0.2, 0.25) is 5.91 Å². The van der Waals surface area contributed by atoms with E-state index >= 15 is 0 Å². The van der Waals surface area contributed by atoms with Crippen LogP contribution in [0.1, 0.15) is 6.42 Å². The molecule has 70 valence electrons. The third-order valence-electron chi connectivity index (χ3n) is 2.14. The molecular formula is C8H10ClN3O. The second-order valence-corrected chi connectivity index (χ2v) is 3.21. The van der Waals surface area contributed by atoms with Crippen molar-refractivity contribution >= 4 is 23.3 Å². The lowest BCUT2D eigenvalue weighted by molar-refractivity contribution is -0.116. The van der Waals surface area contributed by atoms with Gasteiger partial charge in [0.1, 0.15) is 11.7 Å². The van der Waals surface area contributed by atoms with Crippen LogP contribution in [0.4, 0.5) is 5.82 Å². The molecular weight excluding hydrogens is 190 g/mol. The van der Waals surface area contributed by atoms with Crippen molar-refractivity contribution < 1.29 is 4.79 Å². The fourth-order valence-corrected chi connectivity index (χ4v) is 1.69. The van der Waals surface area contributed by atoms with Gasteiger partial charge in [-0.1, -0.05) is 0 Å². The van der Waals surface area contributed by atoms with Crippen molar-refractivity contribution in [3.05, 3.63) is 12.3 Å². The van der Waals surface area contributed by atoms with E-state index in [1.807, 2.05) is 10.7 Å². The number of rotatable bonds is 1. The summed E-state index contributed by atoms with van der Waals surface area (Å²) in [6.07, 6.45) is 2.65. The number of nitrogens with zero attached hydrogens (tertiary/aromatic N) is 3. The molecule has 0 unspecified atom stereocenters. The van der Waals surface area contributed by atoms with E-state index in [-0.39, 0.29) is 11.8 Å². The summed E-state index contributed by atoms with van der Waals surface area (Å²) in [5.41, 5.74) is 0. The minimum absolute atomic E-state index is 0.0329. The molecule has 1 amide bonds. The molecule has 0 radical (unpaired) electrons. The molecule has 0 spiro atoms. The molecule has 1 aromatic rings. The van der Waals surface area contributed by atoms with Crippen LogP contribution in [-0.2, 0) is 11.3 Å². The van der Waals surface area contributed by atoms with Gasteiger partial charge >= 0.3 is 0 Å². The number of hydrogen-bond donors (Lipinski definition) is 0. The van der Waals surface area contributed by atoms with Crippen LogP contribution in [-0.4, -0.2) is 28.1 Å². The molecule has 0 aromatic carbocycles. The molecule has 0 bridgehead atoms. The molecule has 0 aliphatic carbocycles. The highest BCUT2D eigenvalue weighted by atomic mass is 35.5. The van der Waals surface area contributed by atoms with Gasteiger partial charge in [-0.05, 0) is 6.42 Å². The Morgan fingerprint density at radius 3 is 3.23 bits per heavy atom. The first-order valence-corrected chi connectivity index (χ1v) is 4.74. The Morgan fingerprint density at radius 1 is 1.62 bits per heavy atom. The lowest BCUT2D eigenvalue weighted by Crippen LogP contribution is -2.38. The molecule has 1 aromatic heterocycles. The number of anilines is 1. The van der Waals surface area contributed by atoms with E-state index in [0.717, 1.165) is 25.3 Å². The predicted molar refractivity (Wildman–Crippen MR) is 49.9 cm³/mol. The Kier molecular flexibility index (Phi) is 2.22. The van der Waals surface area contributed by atoms with Gasteiger partial charge in [-0.25, -0.2) is 4.68 Å². The topological polar surface area (TPSA) is 38.1 Å². The molecule has 0 saturated heterocycles. The standard InChI is InChI=1S/C8H10ClN3O/c9-6-8(13)11-4-1-5-12-7(11)2-3-10-12/h2-3H,1,4-6H2. The molecule has 5 heteroatoms. The van der Waals surface area contributed by atoms with Crippen LogP contribution in [0.2, 0.25) is 0 Å². The van der Waals surface area contributed by atoms with Crippen molar-refractivity contribution in [1.82, 2.24) is 9.78 Å². The van der Waals surface area contributed by atoms with E-state index in [2.05, 4.69) is 5.10 Å². The summed E-state index contributed by atoms with van der Waals surface area (Å²) in [7, 11) is 0. The number of alkyl halides is 1. The van der Waals surface area contributed by atoms with E-state index in [0.29, 0.717) is 0 Å². The van der Waals surface area contributed by atoms with E-state index in [9.17, 15) is 4.79 Å². The molecule has 0 atom stereocenters. The average molecular weight is 200 g/mol. The lowest BCUT2D eigenvalue weighted by atomic mass is 10.3. The quantitative estimate of drug-likeness (QED) is 0.630. The van der Waals surface area contributed by atoms with Crippen molar-refractivity contribution in [2.45, 2.75) is 13.0 Å². The largest absolute Gasteiger partial charge is 0.296 e. The number of carbonyl (C=O) groups excluding carboxylic acids is 1. The van der Waals surface area contributed by atoms with Crippen molar-refractivity contribution in [2.75, 3.05) is 17.3 Å². The van der Waals surface area contributed by atoms with Crippen LogP contribution >= 0.6 is 11.6 Å². The maximum Gasteiger partial charge on any atom is 0.243 e. The summed E-state index contributed by atoms with van der Waals surface area (Å²) in [6.45, 7) is 1.63. The third-order valence-corrected chi connectivity index (χ3v) is 2.37. The van der Waals surface area contributed by atoms with Gasteiger partial charge in [0.15, 0.2) is 0 Å². The Labute approximate surface area is 81.1 Å². The fourth-order valence-electron chi connectivity index (χ4n) is 1.55. The normalized spacial score (nSPS) is 15.6. The average Bonchev–Trinajstić information content (AvgIpc) is 2.63. The Hall–Kier alpha value is -1.03. The predicted octanol–water partition coefficient (Wildman–Crippen LogP) is 0.859. The van der Waals surface area contributed by atoms with Gasteiger partial charge in [0.05, 0.1) is 6.20 Å². The summed E-state index contributed by atoms with van der Waals surface area (Å²) in [5.74, 6) is 0.838. The maximum atomic E-state index is 11.4. The molecule has 1 aliphatic heterocycles. The number of hydrogen-bond acceptors (Lipinski definition) is 2. The van der Waals surface area contributed by atoms with Crippen LogP contribution < -0.4 is 4.90 Å². The molecule has 13 heavy (non-hydrogen) atoms. The number of carbonyl (C=O) groups is 1. The van der Waals surface area contributed by atoms with Crippen molar-refractivity contribution in [3.8, 4) is 0 Å². The Balaban J connectivity index is 2.30. The molecule has 4 nitrogen and oxygen atoms in total. The first-order valence-electron chi connectivity index (χ1n) is 4.21. The van der Waals surface area contributed by atoms with Crippen LogP contribution in [0.3, 0.4) is 0 Å². The SMILES string of the molecule is O=C(CCl)N1CCCn2nccc21. The number of halogens is 1. The molecule has 2 heterocycles. The van der Waals surface area contributed by atoms with Crippen molar-refractivity contribution in [2.24, 2.45) is 0 Å². The first kappa shape index (κ1) is 8.56. The van der Waals surface area contributed by atoms with E-state index in [1.54, 1.807) is 11.1 Å². The van der Waals surface area contributed by atoms with E-state index in [1.165, 1.54) is 0 Å². The van der Waals surface area contributed by atoms with Gasteiger partial charge in [-0.15, -0.1) is 11.6 Å². The number of aryl methyl sites for hydroxylation is 1. The van der Waals surface area contributed by atoms with E-state index in [4.69, 9.17) is 11.6 Å². The highest BCUT2D eigenvalue weighted by molar-refractivity contribution is 6.29. The van der Waals surface area contributed by atoms with Crippen LogP contribution in [0.15, 0.2) is 12.3 Å². The molecule has 0 saturated carbocycles. The lowest BCUT2D eigenvalue weighted by Gasteiger charge is -2.26. The minimum Gasteiger partial charge on any atom is -0.296 e. The molecule has 2 rings (SSSR count). The zero-order valence-electron chi connectivity index (χ0n) is 7.11. The Morgan fingerprint density at radius 2 is 2.46 bits per heavy atom. The van der Waals surface area contributed by atoms with Gasteiger partial charge in [-0.3, -0.25) is 9.69 Å². The minimum atomic E-state index is -0.0527. The Bertz CT molecular complexity index is 323. The monoisotopic (exact) mass is 199 g/mol. The second kappa shape index (κ2) is 3.38. The smallest absolute Gasteiger partial charge is 0.243 e. The van der Waals surface area contributed by atoms with Gasteiger partial charge < -0.3 is 0 Å². The number of amides is 1.